The first kappa shape index (κ1) is 12.9. The van der Waals surface area contributed by atoms with Gasteiger partial charge in [-0.25, -0.2) is 0 Å². The van der Waals surface area contributed by atoms with Gasteiger partial charge in [0.15, 0.2) is 0 Å². The first-order chi connectivity index (χ1) is 7.05. The maximum atomic E-state index is 8.94. The summed E-state index contributed by atoms with van der Waals surface area (Å²) in [7, 11) is 2.21. The Kier molecular flexibility index (Phi) is 5.03. The lowest BCUT2D eigenvalue weighted by Crippen LogP contribution is -2.49. The summed E-state index contributed by atoms with van der Waals surface area (Å²) in [6, 6.07) is 0.678. The minimum atomic E-state index is 0.0625. The molecule has 3 heteroatoms. The Hall–Kier alpha value is -0.120. The van der Waals surface area contributed by atoms with Crippen molar-refractivity contribution >= 4 is 0 Å². The molecule has 0 spiro atoms. The van der Waals surface area contributed by atoms with Crippen molar-refractivity contribution in [2.45, 2.75) is 51.1 Å². The Labute approximate surface area is 93.9 Å². The van der Waals surface area contributed by atoms with Crippen molar-refractivity contribution in [2.75, 3.05) is 26.7 Å². The van der Waals surface area contributed by atoms with E-state index in [9.17, 15) is 0 Å². The smallest absolute Gasteiger partial charge is 0.0448 e. The molecule has 0 aromatic heterocycles. The lowest BCUT2D eigenvalue weighted by molar-refractivity contribution is 0.161. The average molecular weight is 214 g/mol. The third-order valence-corrected chi connectivity index (χ3v) is 3.47. The van der Waals surface area contributed by atoms with Crippen molar-refractivity contribution in [3.8, 4) is 0 Å². The molecule has 1 aliphatic heterocycles. The van der Waals surface area contributed by atoms with Gasteiger partial charge in [0.05, 0.1) is 0 Å². The van der Waals surface area contributed by atoms with Crippen LogP contribution >= 0.6 is 0 Å². The highest BCUT2D eigenvalue weighted by molar-refractivity contribution is 4.82. The normalized spacial score (nSPS) is 24.4. The van der Waals surface area contributed by atoms with E-state index >= 15 is 0 Å². The summed E-state index contributed by atoms with van der Waals surface area (Å²) in [6.07, 6.45) is 4.83. The Balaban J connectivity index is 2.28. The molecule has 0 aromatic rings. The molecule has 90 valence electrons. The number of piperidine rings is 1. The molecule has 0 radical (unpaired) electrons. The molecule has 0 amide bonds. The molecule has 0 saturated carbocycles. The van der Waals surface area contributed by atoms with Crippen LogP contribution in [0.25, 0.3) is 0 Å². The van der Waals surface area contributed by atoms with E-state index in [1.165, 1.54) is 25.8 Å². The Morgan fingerprint density at radius 2 is 2.13 bits per heavy atom. The van der Waals surface area contributed by atoms with Crippen molar-refractivity contribution in [1.82, 2.24) is 10.2 Å². The molecular weight excluding hydrogens is 188 g/mol. The van der Waals surface area contributed by atoms with Crippen LogP contribution in [0.2, 0.25) is 0 Å². The van der Waals surface area contributed by atoms with Gasteiger partial charge < -0.3 is 15.3 Å². The third kappa shape index (κ3) is 4.49. The minimum Gasteiger partial charge on any atom is -0.396 e. The highest BCUT2D eigenvalue weighted by Gasteiger charge is 2.22. The van der Waals surface area contributed by atoms with Crippen LogP contribution in [0.3, 0.4) is 0 Å². The number of nitrogens with zero attached hydrogens (tertiary/aromatic N) is 1. The summed E-state index contributed by atoms with van der Waals surface area (Å²) < 4.78 is 0. The molecule has 1 aliphatic rings. The standard InChI is InChI=1S/C12H26N2O/c1-12(2,7-9-15)13-10-11-6-4-5-8-14(11)3/h11,13,15H,4-10H2,1-3H3. The van der Waals surface area contributed by atoms with Gasteiger partial charge in [0.2, 0.25) is 0 Å². The largest absolute Gasteiger partial charge is 0.396 e. The molecule has 3 nitrogen and oxygen atoms in total. The number of hydrogen-bond acceptors (Lipinski definition) is 3. The maximum absolute atomic E-state index is 8.94. The molecule has 1 rings (SSSR count). The summed E-state index contributed by atoms with van der Waals surface area (Å²) in [4.78, 5) is 2.45. The minimum absolute atomic E-state index is 0.0625. The fourth-order valence-corrected chi connectivity index (χ4v) is 2.16. The molecule has 1 atom stereocenters. The lowest BCUT2D eigenvalue weighted by Gasteiger charge is -2.35. The molecule has 0 aromatic carbocycles. The van der Waals surface area contributed by atoms with Crippen LogP contribution in [0.4, 0.5) is 0 Å². The summed E-state index contributed by atoms with van der Waals surface area (Å²) in [5, 5.41) is 12.5. The van der Waals surface area contributed by atoms with Crippen molar-refractivity contribution in [3.05, 3.63) is 0 Å². The van der Waals surface area contributed by atoms with Gasteiger partial charge in [-0.3, -0.25) is 0 Å². The van der Waals surface area contributed by atoms with E-state index in [-0.39, 0.29) is 12.1 Å². The third-order valence-electron chi connectivity index (χ3n) is 3.47. The van der Waals surface area contributed by atoms with Crippen molar-refractivity contribution in [1.29, 1.82) is 0 Å². The summed E-state index contributed by atoms with van der Waals surface area (Å²) in [6.45, 7) is 6.86. The quantitative estimate of drug-likeness (QED) is 0.722. The number of hydrogen-bond donors (Lipinski definition) is 2. The summed E-state index contributed by atoms with van der Waals surface area (Å²) in [5.41, 5.74) is 0.0625. The molecule has 1 unspecified atom stereocenters. The first-order valence-corrected chi connectivity index (χ1v) is 6.11. The Bertz CT molecular complexity index is 182. The molecule has 0 aliphatic carbocycles. The predicted molar refractivity (Wildman–Crippen MR) is 64.1 cm³/mol. The van der Waals surface area contributed by atoms with Crippen LogP contribution < -0.4 is 5.32 Å². The number of aliphatic hydroxyl groups is 1. The van der Waals surface area contributed by atoms with Crippen LogP contribution in [0.15, 0.2) is 0 Å². The van der Waals surface area contributed by atoms with E-state index < -0.39 is 0 Å². The molecule has 15 heavy (non-hydrogen) atoms. The first-order valence-electron chi connectivity index (χ1n) is 6.11. The van der Waals surface area contributed by atoms with Crippen LogP contribution in [-0.2, 0) is 0 Å². The summed E-state index contributed by atoms with van der Waals surface area (Å²) in [5.74, 6) is 0. The number of likely N-dealkylation sites (tertiary alicyclic amines) is 1. The zero-order valence-corrected chi connectivity index (χ0v) is 10.4. The molecule has 1 fully saturated rings. The number of likely N-dealkylation sites (N-methyl/N-ethyl adjacent to an activating group) is 1. The van der Waals surface area contributed by atoms with Gasteiger partial charge in [0, 0.05) is 24.7 Å². The fourth-order valence-electron chi connectivity index (χ4n) is 2.16. The summed E-state index contributed by atoms with van der Waals surface area (Å²) >= 11 is 0. The highest BCUT2D eigenvalue weighted by atomic mass is 16.3. The Morgan fingerprint density at radius 3 is 2.73 bits per heavy atom. The van der Waals surface area contributed by atoms with Crippen molar-refractivity contribution < 1.29 is 5.11 Å². The molecule has 0 bridgehead atoms. The SMILES string of the molecule is CN1CCCCC1CNC(C)(C)CCO. The monoisotopic (exact) mass is 214 g/mol. The number of rotatable bonds is 5. The van der Waals surface area contributed by atoms with E-state index in [4.69, 9.17) is 5.11 Å². The Morgan fingerprint density at radius 1 is 1.40 bits per heavy atom. The van der Waals surface area contributed by atoms with Gasteiger partial charge in [-0.15, -0.1) is 0 Å². The topological polar surface area (TPSA) is 35.5 Å². The van der Waals surface area contributed by atoms with Gasteiger partial charge >= 0.3 is 0 Å². The number of aliphatic hydroxyl groups excluding tert-OH is 1. The van der Waals surface area contributed by atoms with E-state index in [2.05, 4.69) is 31.1 Å². The maximum Gasteiger partial charge on any atom is 0.0448 e. The zero-order chi connectivity index (χ0) is 11.3. The van der Waals surface area contributed by atoms with Crippen molar-refractivity contribution in [3.63, 3.8) is 0 Å². The second kappa shape index (κ2) is 5.83. The van der Waals surface area contributed by atoms with Crippen molar-refractivity contribution in [2.24, 2.45) is 0 Å². The second-order valence-corrected chi connectivity index (χ2v) is 5.37. The molecule has 2 N–H and O–H groups in total. The van der Waals surface area contributed by atoms with Gasteiger partial charge in [0.25, 0.3) is 0 Å². The van der Waals surface area contributed by atoms with E-state index in [1.807, 2.05) is 0 Å². The van der Waals surface area contributed by atoms with Gasteiger partial charge in [-0.1, -0.05) is 6.42 Å². The lowest BCUT2D eigenvalue weighted by atomic mass is 9.98. The predicted octanol–water partition coefficient (Wildman–Crippen LogP) is 1.22. The molecule has 1 heterocycles. The van der Waals surface area contributed by atoms with Crippen LogP contribution in [0, 0.1) is 0 Å². The van der Waals surface area contributed by atoms with Crippen LogP contribution in [0.5, 0.6) is 0 Å². The van der Waals surface area contributed by atoms with Gasteiger partial charge in [-0.05, 0) is 46.7 Å². The average Bonchev–Trinajstić information content (AvgIpc) is 2.16. The van der Waals surface area contributed by atoms with E-state index in [1.54, 1.807) is 0 Å². The van der Waals surface area contributed by atoms with Gasteiger partial charge in [0.1, 0.15) is 0 Å². The van der Waals surface area contributed by atoms with E-state index in [0.29, 0.717) is 6.04 Å². The highest BCUT2D eigenvalue weighted by Crippen LogP contribution is 2.15. The molecule has 1 saturated heterocycles. The molecular formula is C12H26N2O. The fraction of sp³-hybridized carbons (Fsp3) is 1.00. The van der Waals surface area contributed by atoms with E-state index in [0.717, 1.165) is 13.0 Å². The number of nitrogens with one attached hydrogen (secondary N) is 1. The van der Waals surface area contributed by atoms with Crippen LogP contribution in [-0.4, -0.2) is 48.3 Å². The van der Waals surface area contributed by atoms with Gasteiger partial charge in [-0.2, -0.15) is 0 Å². The zero-order valence-electron chi connectivity index (χ0n) is 10.4. The second-order valence-electron chi connectivity index (χ2n) is 5.37. The van der Waals surface area contributed by atoms with Crippen LogP contribution in [0.1, 0.15) is 39.5 Å².